The Kier molecular flexibility index (Phi) is 2.80. The summed E-state index contributed by atoms with van der Waals surface area (Å²) in [4.78, 5) is 0. The van der Waals surface area contributed by atoms with Crippen molar-refractivity contribution in [1.29, 1.82) is 0 Å². The monoisotopic (exact) mass is 210 g/mol. The van der Waals surface area contributed by atoms with Crippen LogP contribution in [0.1, 0.15) is 19.0 Å². The second kappa shape index (κ2) is 3.94. The van der Waals surface area contributed by atoms with Crippen LogP contribution in [0.5, 0.6) is 0 Å². The van der Waals surface area contributed by atoms with Crippen molar-refractivity contribution in [2.75, 3.05) is 13.2 Å². The summed E-state index contributed by atoms with van der Waals surface area (Å²) >= 11 is 0. The molecule has 84 valence electrons. The van der Waals surface area contributed by atoms with Crippen LogP contribution in [0.25, 0.3) is 0 Å². The molecule has 1 saturated heterocycles. The molecule has 1 aromatic heterocycles. The molecule has 2 heterocycles. The van der Waals surface area contributed by atoms with Crippen LogP contribution in [0.2, 0.25) is 0 Å². The highest BCUT2D eigenvalue weighted by molar-refractivity contribution is 5.06. The zero-order chi connectivity index (χ0) is 10.9. The van der Waals surface area contributed by atoms with Crippen LogP contribution < -0.4 is 0 Å². The highest BCUT2D eigenvalue weighted by Gasteiger charge is 2.41. The number of hydrogen-bond donors (Lipinski definition) is 1. The molecule has 0 saturated carbocycles. The number of aromatic nitrogens is 2. The summed E-state index contributed by atoms with van der Waals surface area (Å²) in [5.41, 5.74) is 0.901. The second-order valence-corrected chi connectivity index (χ2v) is 4.44. The number of aliphatic hydroxyl groups is 1. The summed E-state index contributed by atoms with van der Waals surface area (Å²) in [6.45, 7) is 2.95. The number of rotatable bonds is 3. The van der Waals surface area contributed by atoms with E-state index in [4.69, 9.17) is 4.74 Å². The molecule has 1 aliphatic heterocycles. The SMILES string of the molecule is CC1OCCC1(CO)Cc1ccn(C)n1. The van der Waals surface area contributed by atoms with Gasteiger partial charge in [-0.25, -0.2) is 0 Å². The van der Waals surface area contributed by atoms with E-state index in [1.165, 1.54) is 0 Å². The Balaban J connectivity index is 2.14. The van der Waals surface area contributed by atoms with Crippen LogP contribution >= 0.6 is 0 Å². The van der Waals surface area contributed by atoms with Gasteiger partial charge in [0.1, 0.15) is 0 Å². The third-order valence-corrected chi connectivity index (χ3v) is 3.45. The van der Waals surface area contributed by atoms with Crippen molar-refractivity contribution in [2.24, 2.45) is 12.5 Å². The van der Waals surface area contributed by atoms with Crippen molar-refractivity contribution in [3.63, 3.8) is 0 Å². The van der Waals surface area contributed by atoms with Gasteiger partial charge in [0, 0.05) is 31.7 Å². The maximum absolute atomic E-state index is 9.54. The Morgan fingerprint density at radius 1 is 1.73 bits per heavy atom. The number of nitrogens with zero attached hydrogens (tertiary/aromatic N) is 2. The Morgan fingerprint density at radius 2 is 2.53 bits per heavy atom. The Morgan fingerprint density at radius 3 is 3.00 bits per heavy atom. The fraction of sp³-hybridized carbons (Fsp3) is 0.727. The standard InChI is InChI=1S/C11H18N2O2/c1-9-11(8-14,4-6-15-9)7-10-3-5-13(2)12-10/h3,5,9,14H,4,6-8H2,1-2H3. The largest absolute Gasteiger partial charge is 0.396 e. The normalized spacial score (nSPS) is 31.0. The lowest BCUT2D eigenvalue weighted by Gasteiger charge is -2.29. The summed E-state index contributed by atoms with van der Waals surface area (Å²) in [6, 6.07) is 2.00. The third-order valence-electron chi connectivity index (χ3n) is 3.45. The molecule has 1 aromatic rings. The van der Waals surface area contributed by atoms with E-state index in [0.29, 0.717) is 0 Å². The van der Waals surface area contributed by atoms with E-state index >= 15 is 0 Å². The maximum Gasteiger partial charge on any atom is 0.0631 e. The first-order chi connectivity index (χ1) is 7.16. The lowest BCUT2D eigenvalue weighted by atomic mass is 9.78. The highest BCUT2D eigenvalue weighted by atomic mass is 16.5. The minimum Gasteiger partial charge on any atom is -0.396 e. The molecule has 0 bridgehead atoms. The summed E-state index contributed by atoms with van der Waals surface area (Å²) in [5.74, 6) is 0. The van der Waals surface area contributed by atoms with Crippen LogP contribution in [0.15, 0.2) is 12.3 Å². The minimum absolute atomic E-state index is 0.115. The zero-order valence-electron chi connectivity index (χ0n) is 9.31. The predicted octanol–water partition coefficient (Wildman–Crippen LogP) is 0.750. The Labute approximate surface area is 89.9 Å². The topological polar surface area (TPSA) is 47.3 Å². The molecule has 2 unspecified atom stereocenters. The number of aliphatic hydroxyl groups excluding tert-OH is 1. The Bertz CT molecular complexity index is 337. The first-order valence-corrected chi connectivity index (χ1v) is 5.37. The molecule has 4 nitrogen and oxygen atoms in total. The van der Waals surface area contributed by atoms with Gasteiger partial charge in [0.2, 0.25) is 0 Å². The fourth-order valence-electron chi connectivity index (χ4n) is 2.23. The van der Waals surface area contributed by atoms with Crippen molar-refractivity contribution in [2.45, 2.75) is 25.9 Å². The molecule has 0 aliphatic carbocycles. The van der Waals surface area contributed by atoms with Crippen molar-refractivity contribution in [1.82, 2.24) is 9.78 Å². The van der Waals surface area contributed by atoms with Gasteiger partial charge in [-0.05, 0) is 19.4 Å². The van der Waals surface area contributed by atoms with Crippen molar-refractivity contribution < 1.29 is 9.84 Å². The third kappa shape index (κ3) is 1.92. The number of aryl methyl sites for hydroxylation is 1. The van der Waals surface area contributed by atoms with Gasteiger partial charge in [0.25, 0.3) is 0 Å². The molecular formula is C11H18N2O2. The molecule has 4 heteroatoms. The van der Waals surface area contributed by atoms with Crippen LogP contribution in [-0.2, 0) is 18.2 Å². The number of ether oxygens (including phenoxy) is 1. The summed E-state index contributed by atoms with van der Waals surface area (Å²) < 4.78 is 7.34. The maximum atomic E-state index is 9.54. The van der Waals surface area contributed by atoms with Gasteiger partial charge < -0.3 is 9.84 Å². The average molecular weight is 210 g/mol. The van der Waals surface area contributed by atoms with Crippen LogP contribution in [-0.4, -0.2) is 34.2 Å². The molecule has 0 aromatic carbocycles. The average Bonchev–Trinajstić information content (AvgIpc) is 2.76. The molecule has 0 spiro atoms. The molecule has 2 atom stereocenters. The van der Waals surface area contributed by atoms with E-state index in [0.717, 1.165) is 25.1 Å². The predicted molar refractivity (Wildman–Crippen MR) is 56.5 cm³/mol. The summed E-state index contributed by atoms with van der Waals surface area (Å²) in [7, 11) is 1.91. The molecule has 1 aliphatic rings. The van der Waals surface area contributed by atoms with Crippen LogP contribution in [0, 0.1) is 5.41 Å². The van der Waals surface area contributed by atoms with Gasteiger partial charge >= 0.3 is 0 Å². The zero-order valence-corrected chi connectivity index (χ0v) is 9.31. The van der Waals surface area contributed by atoms with E-state index < -0.39 is 0 Å². The van der Waals surface area contributed by atoms with E-state index in [9.17, 15) is 5.11 Å². The smallest absolute Gasteiger partial charge is 0.0631 e. The first-order valence-electron chi connectivity index (χ1n) is 5.37. The summed E-state index contributed by atoms with van der Waals surface area (Å²) in [6.07, 6.45) is 3.76. The lowest BCUT2D eigenvalue weighted by Crippen LogP contribution is -2.35. The highest BCUT2D eigenvalue weighted by Crippen LogP contribution is 2.37. The quantitative estimate of drug-likeness (QED) is 0.801. The molecule has 1 fully saturated rings. The molecule has 0 radical (unpaired) electrons. The molecular weight excluding hydrogens is 192 g/mol. The van der Waals surface area contributed by atoms with Gasteiger partial charge in [-0.3, -0.25) is 4.68 Å². The van der Waals surface area contributed by atoms with Crippen molar-refractivity contribution in [3.8, 4) is 0 Å². The van der Waals surface area contributed by atoms with E-state index in [2.05, 4.69) is 5.10 Å². The lowest BCUT2D eigenvalue weighted by molar-refractivity contribution is 0.0266. The summed E-state index contributed by atoms with van der Waals surface area (Å²) in [5, 5.41) is 13.9. The Hall–Kier alpha value is -0.870. The first kappa shape index (κ1) is 10.6. The fourth-order valence-corrected chi connectivity index (χ4v) is 2.23. The van der Waals surface area contributed by atoms with Crippen molar-refractivity contribution >= 4 is 0 Å². The van der Waals surface area contributed by atoms with E-state index in [-0.39, 0.29) is 18.1 Å². The van der Waals surface area contributed by atoms with E-state index in [1.54, 1.807) is 4.68 Å². The van der Waals surface area contributed by atoms with Gasteiger partial charge in [-0.15, -0.1) is 0 Å². The molecule has 15 heavy (non-hydrogen) atoms. The van der Waals surface area contributed by atoms with Gasteiger partial charge in [0.15, 0.2) is 0 Å². The number of hydrogen-bond acceptors (Lipinski definition) is 3. The minimum atomic E-state index is -0.131. The van der Waals surface area contributed by atoms with Gasteiger partial charge in [0.05, 0.1) is 18.4 Å². The van der Waals surface area contributed by atoms with Crippen LogP contribution in [0.3, 0.4) is 0 Å². The van der Waals surface area contributed by atoms with Gasteiger partial charge in [-0.1, -0.05) is 0 Å². The van der Waals surface area contributed by atoms with Gasteiger partial charge in [-0.2, -0.15) is 5.10 Å². The van der Waals surface area contributed by atoms with Crippen molar-refractivity contribution in [3.05, 3.63) is 18.0 Å². The van der Waals surface area contributed by atoms with E-state index in [1.807, 2.05) is 26.2 Å². The second-order valence-electron chi connectivity index (χ2n) is 4.44. The molecule has 0 amide bonds. The molecule has 1 N–H and O–H groups in total. The molecule has 2 rings (SSSR count). The van der Waals surface area contributed by atoms with Crippen LogP contribution in [0.4, 0.5) is 0 Å².